The normalized spacial score (nSPS) is 11.6. The molecule has 3 aromatic rings. The fourth-order valence-corrected chi connectivity index (χ4v) is 3.61. The first-order valence-corrected chi connectivity index (χ1v) is 8.42. The molecule has 0 aliphatic heterocycles. The van der Waals surface area contributed by atoms with Crippen molar-refractivity contribution in [3.63, 3.8) is 0 Å². The lowest BCUT2D eigenvalue weighted by molar-refractivity contribution is 0.402. The molecule has 3 rings (SSSR count). The van der Waals surface area contributed by atoms with E-state index >= 15 is 0 Å². The lowest BCUT2D eigenvalue weighted by atomic mass is 10.2. The first-order chi connectivity index (χ1) is 10.9. The number of anilines is 1. The van der Waals surface area contributed by atoms with E-state index in [2.05, 4.69) is 9.71 Å². The van der Waals surface area contributed by atoms with Crippen LogP contribution in [-0.2, 0) is 10.0 Å². The van der Waals surface area contributed by atoms with Gasteiger partial charge in [0.15, 0.2) is 11.5 Å². The molecule has 0 atom stereocenters. The average Bonchev–Trinajstić information content (AvgIpc) is 2.86. The highest BCUT2D eigenvalue weighted by molar-refractivity contribution is 7.92. The van der Waals surface area contributed by atoms with Crippen LogP contribution in [0.25, 0.3) is 11.1 Å². The monoisotopic (exact) mass is 332 g/mol. The van der Waals surface area contributed by atoms with Gasteiger partial charge >= 0.3 is 0 Å². The minimum Gasteiger partial charge on any atom is -0.495 e. The molecule has 0 saturated carbocycles. The molecule has 6 nitrogen and oxygen atoms in total. The minimum absolute atomic E-state index is 0.0939. The Morgan fingerprint density at radius 2 is 1.91 bits per heavy atom. The van der Waals surface area contributed by atoms with Gasteiger partial charge in [0.05, 0.1) is 12.8 Å². The van der Waals surface area contributed by atoms with Crippen LogP contribution in [0.5, 0.6) is 5.75 Å². The lowest BCUT2D eigenvalue weighted by Gasteiger charge is -2.12. The van der Waals surface area contributed by atoms with Crippen molar-refractivity contribution in [2.75, 3.05) is 11.8 Å². The molecule has 0 spiro atoms. The zero-order valence-electron chi connectivity index (χ0n) is 13.0. The van der Waals surface area contributed by atoms with Crippen LogP contribution in [0.3, 0.4) is 0 Å². The van der Waals surface area contributed by atoms with Gasteiger partial charge in [0.2, 0.25) is 0 Å². The lowest BCUT2D eigenvalue weighted by Crippen LogP contribution is -2.14. The van der Waals surface area contributed by atoms with Crippen molar-refractivity contribution in [3.8, 4) is 5.75 Å². The Bertz CT molecular complexity index is 977. The summed E-state index contributed by atoms with van der Waals surface area (Å²) in [6.07, 6.45) is 0. The smallest absolute Gasteiger partial charge is 0.265 e. The second-order valence-corrected chi connectivity index (χ2v) is 6.83. The topological polar surface area (TPSA) is 81.4 Å². The zero-order valence-corrected chi connectivity index (χ0v) is 13.8. The van der Waals surface area contributed by atoms with E-state index in [1.54, 1.807) is 43.3 Å². The number of nitrogens with one attached hydrogen (secondary N) is 1. The average molecular weight is 332 g/mol. The van der Waals surface area contributed by atoms with Crippen molar-refractivity contribution >= 4 is 26.8 Å². The molecule has 0 aliphatic carbocycles. The molecule has 7 heteroatoms. The fourth-order valence-electron chi connectivity index (χ4n) is 2.31. The van der Waals surface area contributed by atoms with Gasteiger partial charge in [-0.15, -0.1) is 0 Å². The molecule has 1 heterocycles. The van der Waals surface area contributed by atoms with E-state index in [9.17, 15) is 8.42 Å². The summed E-state index contributed by atoms with van der Waals surface area (Å²) in [5.41, 5.74) is 2.45. The Labute approximate surface area is 134 Å². The second-order valence-electron chi connectivity index (χ2n) is 5.18. The van der Waals surface area contributed by atoms with Crippen molar-refractivity contribution in [2.24, 2.45) is 0 Å². The highest BCUT2D eigenvalue weighted by Crippen LogP contribution is 2.28. The SMILES string of the molecule is COc1ccc(C)cc1S(=O)(=O)Nc1ccc2oc(C)nc2c1. The van der Waals surface area contributed by atoms with Crippen LogP contribution in [0, 0.1) is 13.8 Å². The minimum atomic E-state index is -3.77. The van der Waals surface area contributed by atoms with Crippen molar-refractivity contribution in [3.05, 3.63) is 47.9 Å². The Kier molecular flexibility index (Phi) is 3.73. The summed E-state index contributed by atoms with van der Waals surface area (Å²) in [5.74, 6) is 0.821. The maximum Gasteiger partial charge on any atom is 0.265 e. The van der Waals surface area contributed by atoms with Crippen LogP contribution in [0.15, 0.2) is 45.7 Å². The maximum absolute atomic E-state index is 12.6. The fraction of sp³-hybridized carbons (Fsp3) is 0.188. The highest BCUT2D eigenvalue weighted by Gasteiger charge is 2.20. The third kappa shape index (κ3) is 3.00. The van der Waals surface area contributed by atoms with Gasteiger partial charge in [0, 0.05) is 6.92 Å². The molecule has 0 amide bonds. The number of benzene rings is 2. The van der Waals surface area contributed by atoms with Gasteiger partial charge in [0.25, 0.3) is 10.0 Å². The number of sulfonamides is 1. The number of fused-ring (bicyclic) bond motifs is 1. The number of ether oxygens (including phenoxy) is 1. The molecule has 0 saturated heterocycles. The number of aryl methyl sites for hydroxylation is 2. The molecule has 2 aromatic carbocycles. The second kappa shape index (κ2) is 5.58. The van der Waals surface area contributed by atoms with Crippen molar-refractivity contribution in [1.82, 2.24) is 4.98 Å². The number of aromatic nitrogens is 1. The van der Waals surface area contributed by atoms with Gasteiger partial charge in [0.1, 0.15) is 16.2 Å². The summed E-state index contributed by atoms with van der Waals surface area (Å²) in [6.45, 7) is 3.56. The third-order valence-electron chi connectivity index (χ3n) is 3.36. The van der Waals surface area contributed by atoms with Crippen molar-refractivity contribution in [1.29, 1.82) is 0 Å². The van der Waals surface area contributed by atoms with E-state index in [0.717, 1.165) is 5.56 Å². The van der Waals surface area contributed by atoms with Gasteiger partial charge in [-0.3, -0.25) is 4.72 Å². The number of nitrogens with zero attached hydrogens (tertiary/aromatic N) is 1. The number of methoxy groups -OCH3 is 1. The van der Waals surface area contributed by atoms with Crippen molar-refractivity contribution in [2.45, 2.75) is 18.7 Å². The molecule has 0 bridgehead atoms. The molecule has 23 heavy (non-hydrogen) atoms. The van der Waals surface area contributed by atoms with Crippen LogP contribution in [0.2, 0.25) is 0 Å². The number of oxazole rings is 1. The van der Waals surface area contributed by atoms with Gasteiger partial charge in [-0.25, -0.2) is 13.4 Å². The summed E-state index contributed by atoms with van der Waals surface area (Å²) in [5, 5.41) is 0. The first kappa shape index (κ1) is 15.4. The van der Waals surface area contributed by atoms with E-state index in [4.69, 9.17) is 9.15 Å². The van der Waals surface area contributed by atoms with Gasteiger partial charge in [-0.2, -0.15) is 0 Å². The van der Waals surface area contributed by atoms with Crippen LogP contribution in [0.4, 0.5) is 5.69 Å². The largest absolute Gasteiger partial charge is 0.495 e. The van der Waals surface area contributed by atoms with Crippen LogP contribution in [0.1, 0.15) is 11.5 Å². The van der Waals surface area contributed by atoms with Crippen LogP contribution >= 0.6 is 0 Å². The Hall–Kier alpha value is -2.54. The summed E-state index contributed by atoms with van der Waals surface area (Å²) >= 11 is 0. The Morgan fingerprint density at radius 1 is 1.13 bits per heavy atom. The van der Waals surface area contributed by atoms with E-state index in [1.165, 1.54) is 7.11 Å². The summed E-state index contributed by atoms with van der Waals surface area (Å²) in [6, 6.07) is 9.94. The summed E-state index contributed by atoms with van der Waals surface area (Å²) in [4.78, 5) is 4.29. The summed E-state index contributed by atoms with van der Waals surface area (Å²) in [7, 11) is -2.34. The number of hydrogen-bond acceptors (Lipinski definition) is 5. The zero-order chi connectivity index (χ0) is 16.6. The van der Waals surface area contributed by atoms with E-state index in [0.29, 0.717) is 28.4 Å². The predicted molar refractivity (Wildman–Crippen MR) is 87.3 cm³/mol. The molecule has 1 N–H and O–H groups in total. The molecular weight excluding hydrogens is 316 g/mol. The van der Waals surface area contributed by atoms with Gasteiger partial charge < -0.3 is 9.15 Å². The third-order valence-corrected chi connectivity index (χ3v) is 4.76. The predicted octanol–water partition coefficient (Wildman–Crippen LogP) is 3.25. The quantitative estimate of drug-likeness (QED) is 0.793. The van der Waals surface area contributed by atoms with Crippen LogP contribution < -0.4 is 9.46 Å². The van der Waals surface area contributed by atoms with Crippen molar-refractivity contribution < 1.29 is 17.6 Å². The molecular formula is C16H16N2O4S. The van der Waals surface area contributed by atoms with E-state index < -0.39 is 10.0 Å². The molecule has 1 aromatic heterocycles. The highest BCUT2D eigenvalue weighted by atomic mass is 32.2. The number of rotatable bonds is 4. The molecule has 0 fully saturated rings. The molecule has 0 radical (unpaired) electrons. The van der Waals surface area contributed by atoms with Gasteiger partial charge in [-0.1, -0.05) is 6.07 Å². The first-order valence-electron chi connectivity index (χ1n) is 6.94. The van der Waals surface area contributed by atoms with Gasteiger partial charge in [-0.05, 0) is 42.8 Å². The van der Waals surface area contributed by atoms with E-state index in [1.807, 2.05) is 6.92 Å². The molecule has 0 aliphatic rings. The van der Waals surface area contributed by atoms with Crippen LogP contribution in [-0.4, -0.2) is 20.5 Å². The number of hydrogen-bond donors (Lipinski definition) is 1. The van der Waals surface area contributed by atoms with E-state index in [-0.39, 0.29) is 4.90 Å². The molecule has 0 unspecified atom stereocenters. The maximum atomic E-state index is 12.6. The standard InChI is InChI=1S/C16H16N2O4S/c1-10-4-6-15(21-3)16(8-10)23(19,20)18-12-5-7-14-13(9-12)17-11(2)22-14/h4-9,18H,1-3H3. The Morgan fingerprint density at radius 3 is 2.65 bits per heavy atom. The molecule has 120 valence electrons. The summed E-state index contributed by atoms with van der Waals surface area (Å²) < 4.78 is 38.4. The Balaban J connectivity index is 2.01.